The number of imide groups is 1. The molecule has 0 saturated carbocycles. The van der Waals surface area contributed by atoms with Gasteiger partial charge in [-0.25, -0.2) is 0 Å². The van der Waals surface area contributed by atoms with Crippen molar-refractivity contribution in [1.82, 2.24) is 0 Å². The second-order valence-electron chi connectivity index (χ2n) is 11.8. The SMILES string of the molecule is COc1cc(/C=C(\C)CC[C@H]2OB(O)C[C@H]3C2=C(COc2ccccc2)C[C@H]2C(=O)N(c4ccccc4)C(=O)[C@H]23)cc(I)c1O. The number of aromatic hydroxyl groups is 1. The normalized spacial score (nSPS) is 23.2. The van der Waals surface area contributed by atoms with Crippen molar-refractivity contribution in [2.45, 2.75) is 38.6 Å². The number of allylic oxidation sites excluding steroid dienone is 1. The van der Waals surface area contributed by atoms with Crippen molar-refractivity contribution in [2.24, 2.45) is 17.8 Å². The first-order valence-electron chi connectivity index (χ1n) is 15.1. The van der Waals surface area contributed by atoms with Crippen LogP contribution in [0.3, 0.4) is 0 Å². The predicted octanol–water partition coefficient (Wildman–Crippen LogP) is 6.27. The van der Waals surface area contributed by atoms with E-state index in [9.17, 15) is 19.7 Å². The van der Waals surface area contributed by atoms with E-state index in [-0.39, 0.29) is 36.4 Å². The van der Waals surface area contributed by atoms with E-state index in [2.05, 4.69) is 22.6 Å². The largest absolute Gasteiger partial charge is 0.504 e. The fourth-order valence-corrected chi connectivity index (χ4v) is 7.59. The molecule has 6 rings (SSSR count). The minimum absolute atomic E-state index is 0.113. The average molecular weight is 719 g/mol. The fourth-order valence-electron chi connectivity index (χ4n) is 6.96. The summed E-state index contributed by atoms with van der Waals surface area (Å²) in [5.41, 5.74) is 4.48. The highest BCUT2D eigenvalue weighted by Crippen LogP contribution is 2.51. The molecular formula is C35H35BINO7. The molecule has 45 heavy (non-hydrogen) atoms. The zero-order chi connectivity index (χ0) is 31.7. The summed E-state index contributed by atoms with van der Waals surface area (Å²) < 4.78 is 18.4. The maximum Gasteiger partial charge on any atom is 0.455 e. The Bertz CT molecular complexity index is 1640. The lowest BCUT2D eigenvalue weighted by Gasteiger charge is -2.43. The lowest BCUT2D eigenvalue weighted by molar-refractivity contribution is -0.122. The summed E-state index contributed by atoms with van der Waals surface area (Å²) in [5, 5.41) is 21.2. The first-order chi connectivity index (χ1) is 21.7. The molecule has 232 valence electrons. The number of hydrogen-bond donors (Lipinski definition) is 2. The number of hydrogen-bond acceptors (Lipinski definition) is 7. The van der Waals surface area contributed by atoms with Crippen molar-refractivity contribution in [2.75, 3.05) is 18.6 Å². The number of benzene rings is 3. The standard InChI is InChI=1S/C35H35BINO7/c1-21(15-22-16-28(37)33(39)30(17-22)43-2)13-14-29-31-23(20-44-25-11-7-4-8-12-25)18-26-32(27(31)19-36(42)45-29)35(41)38(34(26)40)24-9-5-3-6-10-24/h3-12,15-17,26-27,29,32,39,42H,13-14,18-20H2,1-2H3/b21-15+/t26-,27+,29-,32-/m1/s1. The quantitative estimate of drug-likeness (QED) is 0.116. The number of carbonyl (C=O) groups excluding carboxylic acids is 2. The summed E-state index contributed by atoms with van der Waals surface area (Å²) in [6.07, 6.45) is 3.48. The number of ether oxygens (including phenoxy) is 2. The first kappa shape index (κ1) is 31.4. The van der Waals surface area contributed by atoms with Crippen molar-refractivity contribution >= 4 is 53.3 Å². The number of phenolic OH excluding ortho intramolecular Hbond substituents is 1. The summed E-state index contributed by atoms with van der Waals surface area (Å²) >= 11 is 2.08. The molecule has 8 nitrogen and oxygen atoms in total. The van der Waals surface area contributed by atoms with Crippen LogP contribution in [0.15, 0.2) is 89.5 Å². The molecule has 2 aliphatic heterocycles. The van der Waals surface area contributed by atoms with Gasteiger partial charge < -0.3 is 24.3 Å². The lowest BCUT2D eigenvalue weighted by atomic mass is 9.58. The van der Waals surface area contributed by atoms with E-state index in [1.807, 2.05) is 67.6 Å². The molecule has 0 spiro atoms. The number of carbonyl (C=O) groups is 2. The maximum atomic E-state index is 14.0. The molecule has 2 heterocycles. The van der Waals surface area contributed by atoms with Crippen LogP contribution < -0.4 is 14.4 Å². The molecule has 0 aromatic heterocycles. The second-order valence-corrected chi connectivity index (χ2v) is 13.0. The third-order valence-electron chi connectivity index (χ3n) is 8.96. The number of nitrogens with zero attached hydrogens (tertiary/aromatic N) is 1. The van der Waals surface area contributed by atoms with E-state index in [0.717, 1.165) is 28.0 Å². The second kappa shape index (κ2) is 13.4. The van der Waals surface area contributed by atoms with E-state index < -0.39 is 25.1 Å². The highest BCUT2D eigenvalue weighted by Gasteiger charge is 2.57. The number of para-hydroxylation sites is 2. The van der Waals surface area contributed by atoms with Gasteiger partial charge in [-0.2, -0.15) is 0 Å². The van der Waals surface area contributed by atoms with Gasteiger partial charge in [-0.15, -0.1) is 0 Å². The summed E-state index contributed by atoms with van der Waals surface area (Å²) in [5.74, 6) is -0.628. The molecule has 0 bridgehead atoms. The number of phenols is 1. The Hall–Kier alpha value is -3.61. The topological polar surface area (TPSA) is 106 Å². The summed E-state index contributed by atoms with van der Waals surface area (Å²) in [6.45, 7) is 2.30. The van der Waals surface area contributed by atoms with Crippen LogP contribution in [-0.4, -0.2) is 48.9 Å². The van der Waals surface area contributed by atoms with Gasteiger partial charge in [0.15, 0.2) is 11.5 Å². The van der Waals surface area contributed by atoms with Crippen LogP contribution in [-0.2, 0) is 14.2 Å². The van der Waals surface area contributed by atoms with Gasteiger partial charge in [0.2, 0.25) is 11.8 Å². The molecular weight excluding hydrogens is 684 g/mol. The molecule has 0 radical (unpaired) electrons. The van der Waals surface area contributed by atoms with Gasteiger partial charge in [0.25, 0.3) is 0 Å². The van der Waals surface area contributed by atoms with Crippen molar-refractivity contribution in [3.8, 4) is 17.2 Å². The third-order valence-corrected chi connectivity index (χ3v) is 9.79. The average Bonchev–Trinajstić information content (AvgIpc) is 3.29. The van der Waals surface area contributed by atoms with E-state index in [4.69, 9.17) is 14.1 Å². The molecule has 10 heteroatoms. The number of amides is 2. The van der Waals surface area contributed by atoms with Crippen LogP contribution in [0.4, 0.5) is 5.69 Å². The molecule has 3 aromatic rings. The predicted molar refractivity (Wildman–Crippen MR) is 181 cm³/mol. The van der Waals surface area contributed by atoms with Crippen LogP contribution in [0.1, 0.15) is 31.7 Å². The number of fused-ring (bicyclic) bond motifs is 3. The zero-order valence-corrected chi connectivity index (χ0v) is 27.3. The smallest absolute Gasteiger partial charge is 0.455 e. The van der Waals surface area contributed by atoms with Crippen molar-refractivity contribution in [1.29, 1.82) is 0 Å². The highest BCUT2D eigenvalue weighted by molar-refractivity contribution is 14.1. The molecule has 0 unspecified atom stereocenters. The Kier molecular flexibility index (Phi) is 9.35. The van der Waals surface area contributed by atoms with Crippen molar-refractivity contribution in [3.63, 3.8) is 0 Å². The van der Waals surface area contributed by atoms with Crippen LogP contribution >= 0.6 is 22.6 Å². The molecule has 1 aliphatic carbocycles. The van der Waals surface area contributed by atoms with Gasteiger partial charge in [0.05, 0.1) is 34.3 Å². The summed E-state index contributed by atoms with van der Waals surface area (Å²) in [4.78, 5) is 29.1. The molecule has 3 aromatic carbocycles. The highest BCUT2D eigenvalue weighted by atomic mass is 127. The van der Waals surface area contributed by atoms with Gasteiger partial charge in [0.1, 0.15) is 12.4 Å². The maximum absolute atomic E-state index is 14.0. The number of rotatable bonds is 9. The van der Waals surface area contributed by atoms with Crippen molar-refractivity contribution < 1.29 is 33.8 Å². The number of halogens is 1. The molecule has 2 fully saturated rings. The minimum Gasteiger partial charge on any atom is -0.504 e. The van der Waals surface area contributed by atoms with Crippen LogP contribution in [0.25, 0.3) is 6.08 Å². The van der Waals surface area contributed by atoms with Gasteiger partial charge in [-0.3, -0.25) is 14.5 Å². The van der Waals surface area contributed by atoms with E-state index in [1.54, 1.807) is 18.2 Å². The lowest BCUT2D eigenvalue weighted by Crippen LogP contribution is -2.46. The molecule has 2 saturated heterocycles. The van der Waals surface area contributed by atoms with Gasteiger partial charge >= 0.3 is 7.12 Å². The Morgan fingerprint density at radius 2 is 1.78 bits per heavy atom. The Morgan fingerprint density at radius 3 is 2.49 bits per heavy atom. The first-order valence-corrected chi connectivity index (χ1v) is 16.2. The minimum atomic E-state index is -1.06. The summed E-state index contributed by atoms with van der Waals surface area (Å²) in [7, 11) is 0.469. The number of methoxy groups -OCH3 is 1. The molecule has 4 atom stereocenters. The van der Waals surface area contributed by atoms with Crippen LogP contribution in [0.5, 0.6) is 17.2 Å². The van der Waals surface area contributed by atoms with Gasteiger partial charge in [-0.05, 0) is 114 Å². The van der Waals surface area contributed by atoms with E-state index >= 15 is 0 Å². The molecule has 2 amide bonds. The number of anilines is 1. The third kappa shape index (κ3) is 6.41. The Balaban J connectivity index is 1.31. The Labute approximate surface area is 277 Å². The van der Waals surface area contributed by atoms with Crippen LogP contribution in [0, 0.1) is 21.3 Å². The van der Waals surface area contributed by atoms with Crippen LogP contribution in [0.2, 0.25) is 6.32 Å². The van der Waals surface area contributed by atoms with Gasteiger partial charge in [-0.1, -0.05) is 48.0 Å². The fraction of sp³-hybridized carbons (Fsp3) is 0.314. The van der Waals surface area contributed by atoms with E-state index in [0.29, 0.717) is 34.3 Å². The Morgan fingerprint density at radius 1 is 1.07 bits per heavy atom. The van der Waals surface area contributed by atoms with Gasteiger partial charge in [0, 0.05) is 0 Å². The summed E-state index contributed by atoms with van der Waals surface area (Å²) in [6, 6.07) is 22.3. The molecule has 3 aliphatic rings. The van der Waals surface area contributed by atoms with E-state index in [1.165, 1.54) is 12.0 Å². The molecule has 2 N–H and O–H groups in total. The van der Waals surface area contributed by atoms with Crippen molar-refractivity contribution in [3.05, 3.63) is 98.6 Å². The monoisotopic (exact) mass is 719 g/mol. The zero-order valence-electron chi connectivity index (χ0n) is 25.2.